The van der Waals surface area contributed by atoms with E-state index in [0.29, 0.717) is 13.1 Å². The molecule has 0 unspecified atom stereocenters. The topological polar surface area (TPSA) is 40.5 Å². The van der Waals surface area contributed by atoms with E-state index < -0.39 is 23.1 Å². The van der Waals surface area contributed by atoms with E-state index in [9.17, 15) is 23.1 Å². The van der Waals surface area contributed by atoms with Crippen molar-refractivity contribution in [3.8, 4) is 0 Å². The molecule has 2 aromatic rings. The largest absolute Gasteiger partial charge is 0.416 e. The summed E-state index contributed by atoms with van der Waals surface area (Å²) in [5, 5.41) is 10.1. The third-order valence-corrected chi connectivity index (χ3v) is 5.51. The van der Waals surface area contributed by atoms with Gasteiger partial charge in [-0.15, -0.1) is 0 Å². The van der Waals surface area contributed by atoms with Gasteiger partial charge in [0.25, 0.3) is 5.91 Å². The van der Waals surface area contributed by atoms with Crippen molar-refractivity contribution in [1.29, 1.82) is 0 Å². The molecule has 2 aromatic carbocycles. The van der Waals surface area contributed by atoms with Crippen molar-refractivity contribution in [1.82, 2.24) is 4.90 Å². The number of likely N-dealkylation sites (tertiary alicyclic amines) is 1. The third kappa shape index (κ3) is 4.73. The second kappa shape index (κ2) is 8.35. The number of carbonyl (C=O) groups is 1. The summed E-state index contributed by atoms with van der Waals surface area (Å²) in [6, 6.07) is 14.5. The molecule has 0 radical (unpaired) electrons. The van der Waals surface area contributed by atoms with E-state index in [1.807, 2.05) is 30.3 Å². The van der Waals surface area contributed by atoms with Crippen LogP contribution in [0.5, 0.6) is 0 Å². The van der Waals surface area contributed by atoms with Crippen LogP contribution in [0.15, 0.2) is 54.6 Å². The molecule has 1 fully saturated rings. The molecular weight excluding hydrogens is 367 g/mol. The molecule has 1 heterocycles. The van der Waals surface area contributed by atoms with Crippen LogP contribution in [0.25, 0.3) is 0 Å². The van der Waals surface area contributed by atoms with Gasteiger partial charge in [-0.2, -0.15) is 13.2 Å². The molecule has 1 saturated heterocycles. The van der Waals surface area contributed by atoms with Gasteiger partial charge in [-0.05, 0) is 49.4 Å². The van der Waals surface area contributed by atoms with Gasteiger partial charge in [0, 0.05) is 24.1 Å². The maximum absolute atomic E-state index is 13.0. The summed E-state index contributed by atoms with van der Waals surface area (Å²) in [6.07, 6.45) is -1.46. The zero-order valence-electron chi connectivity index (χ0n) is 15.6. The summed E-state index contributed by atoms with van der Waals surface area (Å²) in [7, 11) is 0. The van der Waals surface area contributed by atoms with Gasteiger partial charge >= 0.3 is 6.18 Å². The summed E-state index contributed by atoms with van der Waals surface area (Å²) >= 11 is 0. The number of hydrogen-bond donors (Lipinski definition) is 1. The number of benzene rings is 2. The van der Waals surface area contributed by atoms with Crippen molar-refractivity contribution in [3.05, 3.63) is 71.3 Å². The van der Waals surface area contributed by atoms with E-state index >= 15 is 0 Å². The molecule has 1 amide bonds. The number of amides is 1. The number of halogens is 3. The number of hydrogen-bond acceptors (Lipinski definition) is 2. The van der Waals surface area contributed by atoms with Crippen molar-refractivity contribution in [2.45, 2.75) is 31.9 Å². The summed E-state index contributed by atoms with van der Waals surface area (Å²) < 4.78 is 38.9. The van der Waals surface area contributed by atoms with Gasteiger partial charge in [0.15, 0.2) is 0 Å². The van der Waals surface area contributed by atoms with Crippen molar-refractivity contribution in [2.75, 3.05) is 19.7 Å². The molecule has 0 spiro atoms. The molecule has 6 heteroatoms. The first kappa shape index (κ1) is 20.4. The minimum Gasteiger partial charge on any atom is -0.396 e. The van der Waals surface area contributed by atoms with Crippen LogP contribution in [0, 0.1) is 5.41 Å². The van der Waals surface area contributed by atoms with E-state index in [0.717, 1.165) is 43.4 Å². The van der Waals surface area contributed by atoms with E-state index in [-0.39, 0.29) is 12.2 Å². The predicted molar refractivity (Wildman–Crippen MR) is 101 cm³/mol. The van der Waals surface area contributed by atoms with E-state index in [1.54, 1.807) is 4.90 Å². The average Bonchev–Trinajstić information content (AvgIpc) is 2.72. The van der Waals surface area contributed by atoms with Crippen molar-refractivity contribution in [3.63, 3.8) is 0 Å². The van der Waals surface area contributed by atoms with E-state index in [1.165, 1.54) is 12.1 Å². The van der Waals surface area contributed by atoms with Gasteiger partial charge < -0.3 is 10.0 Å². The fourth-order valence-corrected chi connectivity index (χ4v) is 3.86. The highest BCUT2D eigenvalue weighted by molar-refractivity contribution is 5.94. The highest BCUT2D eigenvalue weighted by Crippen LogP contribution is 2.35. The number of carbonyl (C=O) groups excluding carboxylic acids is 1. The smallest absolute Gasteiger partial charge is 0.396 e. The maximum Gasteiger partial charge on any atom is 0.416 e. The molecule has 0 saturated carbocycles. The molecular formula is C22H24F3NO2. The first-order chi connectivity index (χ1) is 13.3. The zero-order chi connectivity index (χ0) is 20.2. The fraction of sp³-hybridized carbons (Fsp3) is 0.409. The zero-order valence-corrected chi connectivity index (χ0v) is 15.6. The maximum atomic E-state index is 13.0. The Hall–Kier alpha value is -2.34. The number of aliphatic hydroxyl groups is 1. The van der Waals surface area contributed by atoms with Gasteiger partial charge in [-0.25, -0.2) is 0 Å². The van der Waals surface area contributed by atoms with Gasteiger partial charge in [0.05, 0.1) is 12.2 Å². The first-order valence-electron chi connectivity index (χ1n) is 9.44. The molecule has 3 nitrogen and oxygen atoms in total. The Bertz CT molecular complexity index is 807. The van der Waals surface area contributed by atoms with Crippen molar-refractivity contribution in [2.24, 2.45) is 5.41 Å². The lowest BCUT2D eigenvalue weighted by Gasteiger charge is -2.42. The molecule has 0 aromatic heterocycles. The Balaban J connectivity index is 1.73. The highest BCUT2D eigenvalue weighted by atomic mass is 19.4. The molecule has 3 rings (SSSR count). The quantitative estimate of drug-likeness (QED) is 0.812. The molecule has 1 N–H and O–H groups in total. The normalized spacial score (nSPS) is 20.2. The standard InChI is InChI=1S/C22H24F3NO2/c23-22(24,25)19-9-4-8-18(14-19)20(28)26-13-5-11-21(15-26,16-27)12-10-17-6-2-1-3-7-17/h1-4,6-9,14,27H,5,10-13,15-16H2/t21-/m1/s1. The van der Waals surface area contributed by atoms with Crippen LogP contribution >= 0.6 is 0 Å². The first-order valence-corrected chi connectivity index (χ1v) is 9.44. The monoisotopic (exact) mass is 391 g/mol. The number of aryl methyl sites for hydroxylation is 1. The predicted octanol–water partition coefficient (Wildman–Crippen LogP) is 4.55. The Kier molecular flexibility index (Phi) is 6.08. The van der Waals surface area contributed by atoms with Crippen molar-refractivity contribution >= 4 is 5.91 Å². The SMILES string of the molecule is O=C(c1cccc(C(F)(F)F)c1)N1CCC[C@@](CO)(CCc2ccccc2)C1. The minimum absolute atomic E-state index is 0.0339. The molecule has 1 aliphatic heterocycles. The molecule has 0 aliphatic carbocycles. The van der Waals surface area contributed by atoms with E-state index in [4.69, 9.17) is 0 Å². The molecule has 28 heavy (non-hydrogen) atoms. The second-order valence-corrected chi connectivity index (χ2v) is 7.55. The summed E-state index contributed by atoms with van der Waals surface area (Å²) in [6.45, 7) is 0.791. The van der Waals surface area contributed by atoms with Crippen molar-refractivity contribution < 1.29 is 23.1 Å². The van der Waals surface area contributed by atoms with Gasteiger partial charge in [-0.3, -0.25) is 4.79 Å². The Morgan fingerprint density at radius 1 is 1.11 bits per heavy atom. The van der Waals surface area contributed by atoms with Crippen LogP contribution < -0.4 is 0 Å². The highest BCUT2D eigenvalue weighted by Gasteiger charge is 2.37. The molecule has 1 atom stereocenters. The van der Waals surface area contributed by atoms with Gasteiger partial charge in [0.1, 0.15) is 0 Å². The van der Waals surface area contributed by atoms with Crippen LogP contribution in [-0.4, -0.2) is 35.6 Å². The number of nitrogens with zero attached hydrogens (tertiary/aromatic N) is 1. The lowest BCUT2D eigenvalue weighted by atomic mass is 9.76. The Labute approximate surface area is 162 Å². The number of piperidine rings is 1. The Morgan fingerprint density at radius 3 is 2.54 bits per heavy atom. The van der Waals surface area contributed by atoms with Crippen LogP contribution in [0.2, 0.25) is 0 Å². The fourth-order valence-electron chi connectivity index (χ4n) is 3.86. The van der Waals surface area contributed by atoms with Crippen LogP contribution in [0.3, 0.4) is 0 Å². The molecule has 150 valence electrons. The number of aliphatic hydroxyl groups excluding tert-OH is 1. The van der Waals surface area contributed by atoms with E-state index in [2.05, 4.69) is 0 Å². The molecule has 0 bridgehead atoms. The molecule has 1 aliphatic rings. The lowest BCUT2D eigenvalue weighted by Crippen LogP contribution is -2.48. The van der Waals surface area contributed by atoms with Crippen LogP contribution in [0.1, 0.15) is 40.7 Å². The number of rotatable bonds is 5. The summed E-state index contributed by atoms with van der Waals surface area (Å²) in [4.78, 5) is 14.4. The lowest BCUT2D eigenvalue weighted by molar-refractivity contribution is -0.137. The summed E-state index contributed by atoms with van der Waals surface area (Å²) in [5.41, 5.74) is -0.0538. The third-order valence-electron chi connectivity index (χ3n) is 5.51. The van der Waals surface area contributed by atoms with Gasteiger partial charge in [0.2, 0.25) is 0 Å². The second-order valence-electron chi connectivity index (χ2n) is 7.55. The van der Waals surface area contributed by atoms with Crippen LogP contribution in [0.4, 0.5) is 13.2 Å². The summed E-state index contributed by atoms with van der Waals surface area (Å²) in [5.74, 6) is -0.414. The average molecular weight is 391 g/mol. The van der Waals surface area contributed by atoms with Crippen LogP contribution in [-0.2, 0) is 12.6 Å². The number of alkyl halides is 3. The Morgan fingerprint density at radius 2 is 1.86 bits per heavy atom. The van der Waals surface area contributed by atoms with Gasteiger partial charge in [-0.1, -0.05) is 36.4 Å². The minimum atomic E-state index is -4.48.